The number of carbonyl (C=O) groups excluding carboxylic acids is 1. The fraction of sp³-hybridized carbons (Fsp3) is 0.417. The van der Waals surface area contributed by atoms with Crippen molar-refractivity contribution in [1.29, 1.82) is 0 Å². The lowest BCUT2D eigenvalue weighted by Crippen LogP contribution is -1.96. The summed E-state index contributed by atoms with van der Waals surface area (Å²) in [5.74, 6) is 0.698. The third-order valence-corrected chi connectivity index (χ3v) is 2.68. The molecule has 1 aromatic carbocycles. The summed E-state index contributed by atoms with van der Waals surface area (Å²) in [5, 5.41) is 0.607. The number of halogens is 1. The molecule has 0 radical (unpaired) electrons. The lowest BCUT2D eigenvalue weighted by atomic mass is 10.0. The van der Waals surface area contributed by atoms with Crippen molar-refractivity contribution >= 4 is 17.9 Å². The number of benzene rings is 1. The van der Waals surface area contributed by atoms with Crippen LogP contribution in [0.1, 0.15) is 24.5 Å². The normalized spacial score (nSPS) is 10.1. The summed E-state index contributed by atoms with van der Waals surface area (Å²) in [6, 6.07) is 3.84. The van der Waals surface area contributed by atoms with E-state index in [1.165, 1.54) is 5.56 Å². The van der Waals surface area contributed by atoms with Crippen LogP contribution in [0, 0.1) is 0 Å². The Morgan fingerprint density at radius 1 is 1.40 bits per heavy atom. The Hall–Kier alpha value is -1.02. The minimum atomic E-state index is 0.537. The summed E-state index contributed by atoms with van der Waals surface area (Å²) in [7, 11) is 1.60. The van der Waals surface area contributed by atoms with E-state index in [4.69, 9.17) is 16.3 Å². The van der Waals surface area contributed by atoms with Gasteiger partial charge in [0.1, 0.15) is 12.0 Å². The van der Waals surface area contributed by atoms with Crippen LogP contribution in [0.4, 0.5) is 0 Å². The first-order chi connectivity index (χ1) is 7.22. The zero-order valence-electron chi connectivity index (χ0n) is 9.05. The summed E-state index contributed by atoms with van der Waals surface area (Å²) in [5.41, 5.74) is 2.33. The molecule has 0 saturated heterocycles. The third-order valence-electron chi connectivity index (χ3n) is 2.39. The molecule has 0 fully saturated rings. The average molecular weight is 227 g/mol. The van der Waals surface area contributed by atoms with Gasteiger partial charge in [-0.05, 0) is 36.1 Å². The number of hydrogen-bond donors (Lipinski definition) is 0. The van der Waals surface area contributed by atoms with Crippen LogP contribution in [0.3, 0.4) is 0 Å². The molecule has 0 bridgehead atoms. The molecule has 1 rings (SSSR count). The van der Waals surface area contributed by atoms with Gasteiger partial charge < -0.3 is 9.53 Å². The molecular formula is C12H15ClO2. The van der Waals surface area contributed by atoms with E-state index >= 15 is 0 Å². The van der Waals surface area contributed by atoms with Gasteiger partial charge in [0.15, 0.2) is 0 Å². The quantitative estimate of drug-likeness (QED) is 0.722. The number of aryl methyl sites for hydroxylation is 2. The van der Waals surface area contributed by atoms with Crippen LogP contribution >= 0.6 is 11.6 Å². The maximum atomic E-state index is 10.3. The second-order valence-corrected chi connectivity index (χ2v) is 3.72. The predicted molar refractivity (Wildman–Crippen MR) is 61.8 cm³/mol. The zero-order valence-corrected chi connectivity index (χ0v) is 9.80. The monoisotopic (exact) mass is 226 g/mol. The van der Waals surface area contributed by atoms with Crippen LogP contribution in [-0.4, -0.2) is 13.4 Å². The van der Waals surface area contributed by atoms with Crippen LogP contribution in [0.5, 0.6) is 5.75 Å². The molecule has 0 amide bonds. The van der Waals surface area contributed by atoms with Gasteiger partial charge in [0.2, 0.25) is 0 Å². The molecule has 0 N–H and O–H groups in total. The van der Waals surface area contributed by atoms with Gasteiger partial charge in [-0.15, -0.1) is 0 Å². The van der Waals surface area contributed by atoms with Gasteiger partial charge in [-0.25, -0.2) is 0 Å². The lowest BCUT2D eigenvalue weighted by molar-refractivity contribution is -0.107. The van der Waals surface area contributed by atoms with E-state index in [0.717, 1.165) is 24.7 Å². The van der Waals surface area contributed by atoms with E-state index in [0.29, 0.717) is 17.2 Å². The molecule has 0 aliphatic heterocycles. The lowest BCUT2D eigenvalue weighted by Gasteiger charge is -2.10. The number of ether oxygens (including phenoxy) is 1. The van der Waals surface area contributed by atoms with Gasteiger partial charge in [-0.3, -0.25) is 0 Å². The largest absolute Gasteiger partial charge is 0.495 e. The zero-order chi connectivity index (χ0) is 11.3. The molecule has 0 unspecified atom stereocenters. The van der Waals surface area contributed by atoms with Gasteiger partial charge in [0, 0.05) is 6.42 Å². The molecule has 0 spiro atoms. The van der Waals surface area contributed by atoms with E-state index < -0.39 is 0 Å². The summed E-state index contributed by atoms with van der Waals surface area (Å²) >= 11 is 6.02. The van der Waals surface area contributed by atoms with E-state index in [2.05, 4.69) is 6.92 Å². The molecule has 82 valence electrons. The molecule has 3 heteroatoms. The molecule has 0 aliphatic rings. The van der Waals surface area contributed by atoms with Crippen molar-refractivity contribution in [3.05, 3.63) is 28.3 Å². The Morgan fingerprint density at radius 3 is 2.67 bits per heavy atom. The van der Waals surface area contributed by atoms with Gasteiger partial charge in [-0.2, -0.15) is 0 Å². The highest BCUT2D eigenvalue weighted by Gasteiger charge is 2.07. The first kappa shape index (κ1) is 12.1. The smallest absolute Gasteiger partial charge is 0.137 e. The van der Waals surface area contributed by atoms with Crippen molar-refractivity contribution < 1.29 is 9.53 Å². The molecule has 0 aliphatic carbocycles. The van der Waals surface area contributed by atoms with Crippen LogP contribution in [0.25, 0.3) is 0 Å². The second-order valence-electron chi connectivity index (χ2n) is 3.31. The number of methoxy groups -OCH3 is 1. The van der Waals surface area contributed by atoms with Crippen molar-refractivity contribution in [3.8, 4) is 5.75 Å². The third kappa shape index (κ3) is 2.96. The Morgan fingerprint density at radius 2 is 2.13 bits per heavy atom. The Kier molecular flexibility index (Phi) is 4.63. The fourth-order valence-electron chi connectivity index (χ4n) is 1.57. The first-order valence-electron chi connectivity index (χ1n) is 5.01. The summed E-state index contributed by atoms with van der Waals surface area (Å²) in [6.07, 6.45) is 3.13. The minimum Gasteiger partial charge on any atom is -0.495 e. The van der Waals surface area contributed by atoms with Gasteiger partial charge >= 0.3 is 0 Å². The van der Waals surface area contributed by atoms with Crippen molar-refractivity contribution in [2.75, 3.05) is 7.11 Å². The Labute approximate surface area is 95.2 Å². The Bertz CT molecular complexity index is 348. The topological polar surface area (TPSA) is 26.3 Å². The SMILES string of the molecule is CCc1cc(OC)c(Cl)cc1CCC=O. The van der Waals surface area contributed by atoms with Gasteiger partial charge in [0.05, 0.1) is 12.1 Å². The first-order valence-corrected chi connectivity index (χ1v) is 5.39. The number of carbonyl (C=O) groups is 1. The minimum absolute atomic E-state index is 0.537. The molecule has 0 aromatic heterocycles. The molecule has 2 nitrogen and oxygen atoms in total. The van der Waals surface area contributed by atoms with E-state index in [1.807, 2.05) is 12.1 Å². The molecule has 1 aromatic rings. The molecule has 0 atom stereocenters. The Balaban J connectivity index is 3.03. The maximum absolute atomic E-state index is 10.3. The van der Waals surface area contributed by atoms with Crippen molar-refractivity contribution in [2.24, 2.45) is 0 Å². The van der Waals surface area contributed by atoms with E-state index in [1.54, 1.807) is 7.11 Å². The highest BCUT2D eigenvalue weighted by molar-refractivity contribution is 6.32. The van der Waals surface area contributed by atoms with Crippen LogP contribution in [0.15, 0.2) is 12.1 Å². The fourth-order valence-corrected chi connectivity index (χ4v) is 1.83. The van der Waals surface area contributed by atoms with Crippen LogP contribution in [0.2, 0.25) is 5.02 Å². The number of aldehydes is 1. The van der Waals surface area contributed by atoms with Gasteiger partial charge in [-0.1, -0.05) is 18.5 Å². The van der Waals surface area contributed by atoms with Crippen molar-refractivity contribution in [3.63, 3.8) is 0 Å². The molecule has 0 heterocycles. The number of hydrogen-bond acceptors (Lipinski definition) is 2. The molecule has 15 heavy (non-hydrogen) atoms. The standard InChI is InChI=1S/C12H15ClO2/c1-3-9-8-12(15-2)11(13)7-10(9)5-4-6-14/h6-8H,3-5H2,1-2H3. The van der Waals surface area contributed by atoms with Crippen molar-refractivity contribution in [1.82, 2.24) is 0 Å². The van der Waals surface area contributed by atoms with Gasteiger partial charge in [0.25, 0.3) is 0 Å². The van der Waals surface area contributed by atoms with E-state index in [9.17, 15) is 4.79 Å². The van der Waals surface area contributed by atoms with Crippen LogP contribution in [-0.2, 0) is 17.6 Å². The molecule has 0 saturated carbocycles. The predicted octanol–water partition coefficient (Wildman–Crippen LogP) is 3.04. The van der Waals surface area contributed by atoms with E-state index in [-0.39, 0.29) is 0 Å². The highest BCUT2D eigenvalue weighted by atomic mass is 35.5. The van der Waals surface area contributed by atoms with Crippen LogP contribution < -0.4 is 4.74 Å². The summed E-state index contributed by atoms with van der Waals surface area (Å²) in [4.78, 5) is 10.3. The maximum Gasteiger partial charge on any atom is 0.137 e. The summed E-state index contributed by atoms with van der Waals surface area (Å²) in [6.45, 7) is 2.08. The summed E-state index contributed by atoms with van der Waals surface area (Å²) < 4.78 is 5.15. The second kappa shape index (κ2) is 5.76. The molecular weight excluding hydrogens is 212 g/mol. The highest BCUT2D eigenvalue weighted by Crippen LogP contribution is 2.29. The number of rotatable bonds is 5. The average Bonchev–Trinajstić information content (AvgIpc) is 2.26. The van der Waals surface area contributed by atoms with Crippen molar-refractivity contribution in [2.45, 2.75) is 26.2 Å².